The van der Waals surface area contributed by atoms with Crippen LogP contribution in [0.3, 0.4) is 0 Å². The molecule has 0 aliphatic rings. The lowest BCUT2D eigenvalue weighted by Crippen LogP contribution is -2.31. The molecule has 0 atom stereocenters. The lowest BCUT2D eigenvalue weighted by Gasteiger charge is -2.18. The second kappa shape index (κ2) is 7.56. The molecule has 0 saturated heterocycles. The third kappa shape index (κ3) is 3.82. The molecule has 6 heteroatoms. The molecule has 4 aromatic rings. The summed E-state index contributed by atoms with van der Waals surface area (Å²) in [6.45, 7) is 4.41. The second-order valence-corrected chi connectivity index (χ2v) is 7.77. The number of furan rings is 1. The first-order valence-electron chi connectivity index (χ1n) is 8.94. The zero-order valence-electron chi connectivity index (χ0n) is 15.6. The summed E-state index contributed by atoms with van der Waals surface area (Å²) in [5, 5.41) is 0.628. The van der Waals surface area contributed by atoms with E-state index in [1.165, 1.54) is 34.6 Å². The minimum Gasteiger partial charge on any atom is -0.467 e. The van der Waals surface area contributed by atoms with E-state index in [2.05, 4.69) is 13.0 Å². The molecule has 142 valence electrons. The first-order valence-corrected chi connectivity index (χ1v) is 9.76. The van der Waals surface area contributed by atoms with Gasteiger partial charge in [0.2, 0.25) is 5.91 Å². The van der Waals surface area contributed by atoms with E-state index in [0.717, 1.165) is 15.8 Å². The molecule has 4 nitrogen and oxygen atoms in total. The number of carbonyl (C=O) groups excluding carboxylic acids is 1. The third-order valence-electron chi connectivity index (χ3n) is 4.69. The smallest absolute Gasteiger partial charge is 0.233 e. The molecule has 0 aliphatic heterocycles. The van der Waals surface area contributed by atoms with Crippen LogP contribution in [-0.4, -0.2) is 10.9 Å². The highest BCUT2D eigenvalue weighted by Gasteiger charge is 2.22. The Labute approximate surface area is 166 Å². The van der Waals surface area contributed by atoms with Gasteiger partial charge in [-0.3, -0.25) is 9.69 Å². The van der Waals surface area contributed by atoms with Crippen molar-refractivity contribution >= 4 is 32.6 Å². The van der Waals surface area contributed by atoms with Crippen molar-refractivity contribution < 1.29 is 13.6 Å². The topological polar surface area (TPSA) is 46.3 Å². The van der Waals surface area contributed by atoms with E-state index in [1.807, 2.05) is 19.1 Å². The molecule has 0 fully saturated rings. The number of hydrogen-bond donors (Lipinski definition) is 0. The number of benzene rings is 2. The first-order chi connectivity index (χ1) is 13.5. The van der Waals surface area contributed by atoms with Gasteiger partial charge >= 0.3 is 0 Å². The summed E-state index contributed by atoms with van der Waals surface area (Å²) in [7, 11) is 0. The van der Waals surface area contributed by atoms with Gasteiger partial charge in [0.1, 0.15) is 11.6 Å². The van der Waals surface area contributed by atoms with Gasteiger partial charge in [-0.05, 0) is 66.9 Å². The Morgan fingerprint density at radius 3 is 2.61 bits per heavy atom. The van der Waals surface area contributed by atoms with Crippen LogP contribution in [0.2, 0.25) is 0 Å². The highest BCUT2D eigenvalue weighted by atomic mass is 32.1. The Morgan fingerprint density at radius 1 is 1.14 bits per heavy atom. The summed E-state index contributed by atoms with van der Waals surface area (Å²) in [6.07, 6.45) is 1.75. The van der Waals surface area contributed by atoms with Gasteiger partial charge in [0, 0.05) is 0 Å². The molecule has 0 N–H and O–H groups in total. The van der Waals surface area contributed by atoms with Crippen LogP contribution in [0.15, 0.2) is 59.2 Å². The van der Waals surface area contributed by atoms with Crippen LogP contribution in [0.25, 0.3) is 10.2 Å². The summed E-state index contributed by atoms with van der Waals surface area (Å²) in [5.74, 6) is 0.245. The molecule has 4 rings (SSSR count). The van der Waals surface area contributed by atoms with E-state index >= 15 is 0 Å². The summed E-state index contributed by atoms with van der Waals surface area (Å²) >= 11 is 1.48. The molecule has 0 unspecified atom stereocenters. The van der Waals surface area contributed by atoms with Crippen LogP contribution in [0.5, 0.6) is 0 Å². The van der Waals surface area contributed by atoms with E-state index in [4.69, 9.17) is 9.40 Å². The van der Waals surface area contributed by atoms with Crippen molar-refractivity contribution in [2.45, 2.75) is 26.8 Å². The van der Waals surface area contributed by atoms with Crippen molar-refractivity contribution in [1.82, 2.24) is 4.98 Å². The molecule has 0 saturated carbocycles. The predicted molar refractivity (Wildman–Crippen MR) is 109 cm³/mol. The average molecular weight is 394 g/mol. The Bertz CT molecular complexity index is 1080. The van der Waals surface area contributed by atoms with Gasteiger partial charge in [-0.1, -0.05) is 23.5 Å². The molecule has 2 aromatic heterocycles. The normalized spacial score (nSPS) is 11.1. The zero-order valence-corrected chi connectivity index (χ0v) is 16.4. The van der Waals surface area contributed by atoms with Crippen molar-refractivity contribution in [1.29, 1.82) is 0 Å². The minimum absolute atomic E-state index is 0.115. The molecule has 1 amide bonds. The highest BCUT2D eigenvalue weighted by molar-refractivity contribution is 7.22. The lowest BCUT2D eigenvalue weighted by atomic mass is 10.1. The second-order valence-electron chi connectivity index (χ2n) is 6.76. The van der Waals surface area contributed by atoms with Crippen LogP contribution in [0, 0.1) is 19.7 Å². The standard InChI is InChI=1S/C22H19FN2O2S/c1-14-10-19-20(11-15(14)2)28-22(24-19)25(13-18-4-3-9-27-18)21(26)12-16-5-7-17(23)8-6-16/h3-11H,12-13H2,1-2H3. The fourth-order valence-electron chi connectivity index (χ4n) is 2.98. The quantitative estimate of drug-likeness (QED) is 0.454. The van der Waals surface area contributed by atoms with Crippen molar-refractivity contribution in [3.8, 4) is 0 Å². The molecule has 2 heterocycles. The number of hydrogen-bond acceptors (Lipinski definition) is 4. The fourth-order valence-corrected chi connectivity index (χ4v) is 4.04. The van der Waals surface area contributed by atoms with E-state index in [0.29, 0.717) is 17.4 Å². The molecule has 0 aliphatic carbocycles. The molecule has 0 bridgehead atoms. The van der Waals surface area contributed by atoms with Crippen molar-refractivity contribution in [2.24, 2.45) is 0 Å². The maximum Gasteiger partial charge on any atom is 0.233 e. The number of nitrogens with zero attached hydrogens (tertiary/aromatic N) is 2. The Kier molecular flexibility index (Phi) is 4.96. The first kappa shape index (κ1) is 18.4. The van der Waals surface area contributed by atoms with Gasteiger partial charge in [0.15, 0.2) is 5.13 Å². The highest BCUT2D eigenvalue weighted by Crippen LogP contribution is 2.32. The van der Waals surface area contributed by atoms with E-state index < -0.39 is 0 Å². The van der Waals surface area contributed by atoms with Crippen LogP contribution in [0.4, 0.5) is 9.52 Å². The number of thiazole rings is 1. The number of halogens is 1. The number of aryl methyl sites for hydroxylation is 2. The van der Waals surface area contributed by atoms with Gasteiger partial charge in [0.25, 0.3) is 0 Å². The van der Waals surface area contributed by atoms with E-state index in [9.17, 15) is 9.18 Å². The number of aromatic nitrogens is 1. The maximum absolute atomic E-state index is 13.2. The fraction of sp³-hybridized carbons (Fsp3) is 0.182. The third-order valence-corrected chi connectivity index (χ3v) is 5.73. The van der Waals surface area contributed by atoms with Crippen LogP contribution in [-0.2, 0) is 17.8 Å². The summed E-state index contributed by atoms with van der Waals surface area (Å²) in [5.41, 5.74) is 3.99. The van der Waals surface area contributed by atoms with Crippen molar-refractivity contribution in [3.05, 3.63) is 83.1 Å². The number of fused-ring (bicyclic) bond motifs is 1. The summed E-state index contributed by atoms with van der Waals surface area (Å²) in [6, 6.07) is 13.8. The SMILES string of the molecule is Cc1cc2nc(N(Cc3ccco3)C(=O)Cc3ccc(F)cc3)sc2cc1C. The largest absolute Gasteiger partial charge is 0.467 e. The summed E-state index contributed by atoms with van der Waals surface area (Å²) < 4.78 is 19.7. The Morgan fingerprint density at radius 2 is 1.89 bits per heavy atom. The van der Waals surface area contributed by atoms with Gasteiger partial charge in [-0.25, -0.2) is 9.37 Å². The number of anilines is 1. The van der Waals surface area contributed by atoms with Gasteiger partial charge in [0.05, 0.1) is 29.4 Å². The Hall–Kier alpha value is -2.99. The van der Waals surface area contributed by atoms with Crippen LogP contribution < -0.4 is 4.90 Å². The van der Waals surface area contributed by atoms with E-state index in [-0.39, 0.29) is 18.1 Å². The van der Waals surface area contributed by atoms with E-state index in [1.54, 1.807) is 29.4 Å². The zero-order chi connectivity index (χ0) is 19.7. The monoisotopic (exact) mass is 394 g/mol. The van der Waals surface area contributed by atoms with Crippen LogP contribution >= 0.6 is 11.3 Å². The minimum atomic E-state index is -0.319. The predicted octanol–water partition coefficient (Wildman–Crippen LogP) is 5.42. The number of carbonyl (C=O) groups is 1. The van der Waals surface area contributed by atoms with Gasteiger partial charge < -0.3 is 4.42 Å². The lowest BCUT2D eigenvalue weighted by molar-refractivity contribution is -0.118. The molecular formula is C22H19FN2O2S. The molecule has 28 heavy (non-hydrogen) atoms. The summed E-state index contributed by atoms with van der Waals surface area (Å²) in [4.78, 5) is 19.4. The van der Waals surface area contributed by atoms with Gasteiger partial charge in [-0.2, -0.15) is 0 Å². The van der Waals surface area contributed by atoms with Crippen molar-refractivity contribution in [3.63, 3.8) is 0 Å². The Balaban J connectivity index is 1.68. The maximum atomic E-state index is 13.2. The molecular weight excluding hydrogens is 375 g/mol. The average Bonchev–Trinajstić information content (AvgIpc) is 3.31. The molecule has 0 radical (unpaired) electrons. The molecule has 2 aromatic carbocycles. The molecule has 0 spiro atoms. The van der Waals surface area contributed by atoms with Crippen LogP contribution in [0.1, 0.15) is 22.5 Å². The number of rotatable bonds is 5. The van der Waals surface area contributed by atoms with Crippen molar-refractivity contribution in [2.75, 3.05) is 4.90 Å². The van der Waals surface area contributed by atoms with Gasteiger partial charge in [-0.15, -0.1) is 0 Å². The number of amides is 1.